The molecule has 1 amide bonds. The van der Waals surface area contributed by atoms with Gasteiger partial charge in [-0.1, -0.05) is 17.7 Å². The SMILES string of the molecule is O=C(Nc1cc(NCc2cn3cc(C4CC4)ccc3n2)ncn1)C1CC1c1cc(Cl)ncn1. The van der Waals surface area contributed by atoms with Crippen LogP contribution in [-0.2, 0) is 11.3 Å². The highest BCUT2D eigenvalue weighted by Gasteiger charge is 2.45. The predicted octanol–water partition coefficient (Wildman–Crippen LogP) is 3.80. The zero-order valence-electron chi connectivity index (χ0n) is 17.6. The van der Waals surface area contributed by atoms with Crippen molar-refractivity contribution in [2.24, 2.45) is 5.92 Å². The molecule has 0 aromatic carbocycles. The normalized spacial score (nSPS) is 19.4. The summed E-state index contributed by atoms with van der Waals surface area (Å²) in [6.07, 6.45) is 10.3. The Morgan fingerprint density at radius 3 is 2.76 bits per heavy atom. The fraction of sp³-hybridized carbons (Fsp3) is 0.304. The van der Waals surface area contributed by atoms with Crippen LogP contribution < -0.4 is 10.6 Å². The molecular formula is C23H21ClN8O. The number of aromatic nitrogens is 6. The number of carbonyl (C=O) groups is 1. The topological polar surface area (TPSA) is 110 Å². The highest BCUT2D eigenvalue weighted by Crippen LogP contribution is 2.47. The molecule has 0 radical (unpaired) electrons. The van der Waals surface area contributed by atoms with E-state index in [1.54, 1.807) is 12.1 Å². The third kappa shape index (κ3) is 4.36. The van der Waals surface area contributed by atoms with E-state index < -0.39 is 0 Å². The first-order valence-corrected chi connectivity index (χ1v) is 11.3. The lowest BCUT2D eigenvalue weighted by Crippen LogP contribution is -2.16. The number of pyridine rings is 1. The van der Waals surface area contributed by atoms with Crippen LogP contribution in [0.5, 0.6) is 0 Å². The smallest absolute Gasteiger partial charge is 0.229 e. The van der Waals surface area contributed by atoms with Crippen LogP contribution in [0.4, 0.5) is 11.6 Å². The van der Waals surface area contributed by atoms with E-state index in [1.165, 1.54) is 31.1 Å². The van der Waals surface area contributed by atoms with E-state index in [1.807, 2.05) is 6.20 Å². The van der Waals surface area contributed by atoms with Gasteiger partial charge in [-0.15, -0.1) is 0 Å². The molecule has 166 valence electrons. The summed E-state index contributed by atoms with van der Waals surface area (Å²) in [6.45, 7) is 0.518. The van der Waals surface area contributed by atoms with Gasteiger partial charge in [0.1, 0.15) is 35.1 Å². The van der Waals surface area contributed by atoms with E-state index in [2.05, 4.69) is 58.3 Å². The number of nitrogens with zero attached hydrogens (tertiary/aromatic N) is 6. The predicted molar refractivity (Wildman–Crippen MR) is 123 cm³/mol. The number of halogens is 1. The van der Waals surface area contributed by atoms with Crippen LogP contribution in [0.1, 0.15) is 48.0 Å². The Labute approximate surface area is 194 Å². The van der Waals surface area contributed by atoms with Gasteiger partial charge in [0.2, 0.25) is 5.91 Å². The van der Waals surface area contributed by atoms with E-state index in [0.29, 0.717) is 29.3 Å². The Morgan fingerprint density at radius 2 is 1.91 bits per heavy atom. The molecule has 4 aromatic heterocycles. The largest absolute Gasteiger partial charge is 0.364 e. The van der Waals surface area contributed by atoms with Crippen molar-refractivity contribution in [1.29, 1.82) is 0 Å². The standard InChI is InChI=1S/C23H21ClN8O/c24-19-6-18(26-11-27-19)16-5-17(16)23(33)31-21-7-20(28-12-29-21)25-8-15-10-32-9-14(13-1-2-13)3-4-22(32)30-15/h3-4,6-7,9-13,16-17H,1-2,5,8H2,(H2,25,28,29,31,33). The number of nitrogens with one attached hydrogen (secondary N) is 2. The molecule has 9 nitrogen and oxygen atoms in total. The monoisotopic (exact) mass is 460 g/mol. The Balaban J connectivity index is 1.08. The van der Waals surface area contributed by atoms with Gasteiger partial charge in [0.05, 0.1) is 12.2 Å². The first-order valence-electron chi connectivity index (χ1n) is 10.9. The van der Waals surface area contributed by atoms with Crippen LogP contribution in [0.25, 0.3) is 5.65 Å². The van der Waals surface area contributed by atoms with Crippen molar-refractivity contribution >= 4 is 34.8 Å². The summed E-state index contributed by atoms with van der Waals surface area (Å²) >= 11 is 5.93. The second-order valence-corrected chi connectivity index (χ2v) is 8.97. The number of amides is 1. The van der Waals surface area contributed by atoms with Gasteiger partial charge in [-0.25, -0.2) is 24.9 Å². The van der Waals surface area contributed by atoms with Crippen LogP contribution >= 0.6 is 11.6 Å². The number of carbonyl (C=O) groups excluding carboxylic acids is 1. The zero-order chi connectivity index (χ0) is 22.4. The molecule has 33 heavy (non-hydrogen) atoms. The summed E-state index contributed by atoms with van der Waals surface area (Å²) in [5.74, 6) is 1.59. The molecule has 0 aliphatic heterocycles. The minimum absolute atomic E-state index is 0.0559. The summed E-state index contributed by atoms with van der Waals surface area (Å²) in [5.41, 5.74) is 4.00. The zero-order valence-corrected chi connectivity index (χ0v) is 18.4. The minimum Gasteiger partial charge on any atom is -0.364 e. The highest BCUT2D eigenvalue weighted by atomic mass is 35.5. The second kappa shape index (κ2) is 8.08. The fourth-order valence-corrected chi connectivity index (χ4v) is 4.24. The van der Waals surface area contributed by atoms with Gasteiger partial charge >= 0.3 is 0 Å². The van der Waals surface area contributed by atoms with Crippen LogP contribution in [-0.4, -0.2) is 35.2 Å². The molecule has 2 atom stereocenters. The van der Waals surface area contributed by atoms with Crippen molar-refractivity contribution < 1.29 is 4.79 Å². The molecule has 2 unspecified atom stereocenters. The maximum Gasteiger partial charge on any atom is 0.229 e. The van der Waals surface area contributed by atoms with E-state index >= 15 is 0 Å². The molecule has 2 saturated carbocycles. The summed E-state index contributed by atoms with van der Waals surface area (Å²) in [5, 5.41) is 6.52. The van der Waals surface area contributed by atoms with E-state index in [9.17, 15) is 4.79 Å². The van der Waals surface area contributed by atoms with Crippen LogP contribution in [0.3, 0.4) is 0 Å². The Hall–Kier alpha value is -3.59. The lowest BCUT2D eigenvalue weighted by atomic mass is 10.2. The highest BCUT2D eigenvalue weighted by molar-refractivity contribution is 6.29. The molecule has 0 bridgehead atoms. The molecule has 0 saturated heterocycles. The summed E-state index contributed by atoms with van der Waals surface area (Å²) in [6, 6.07) is 7.66. The summed E-state index contributed by atoms with van der Waals surface area (Å²) < 4.78 is 2.08. The molecule has 2 N–H and O–H groups in total. The molecular weight excluding hydrogens is 440 g/mol. The molecule has 0 spiro atoms. The fourth-order valence-electron chi connectivity index (χ4n) is 4.09. The maximum absolute atomic E-state index is 12.6. The van der Waals surface area contributed by atoms with Crippen LogP contribution in [0, 0.1) is 5.92 Å². The number of hydrogen-bond acceptors (Lipinski definition) is 7. The summed E-state index contributed by atoms with van der Waals surface area (Å²) in [7, 11) is 0. The Kier molecular flexibility index (Phi) is 4.91. The van der Waals surface area contributed by atoms with Crippen molar-refractivity contribution in [1.82, 2.24) is 29.3 Å². The quantitative estimate of drug-likeness (QED) is 0.403. The average Bonchev–Trinajstić information content (AvgIpc) is 3.74. The van der Waals surface area contributed by atoms with Crippen LogP contribution in [0.15, 0.2) is 49.3 Å². The van der Waals surface area contributed by atoms with Crippen molar-refractivity contribution in [3.8, 4) is 0 Å². The number of imidazole rings is 1. The van der Waals surface area contributed by atoms with Crippen molar-refractivity contribution in [3.63, 3.8) is 0 Å². The lowest BCUT2D eigenvalue weighted by molar-refractivity contribution is -0.117. The molecule has 4 aromatic rings. The van der Waals surface area contributed by atoms with Crippen LogP contribution in [0.2, 0.25) is 5.15 Å². The maximum atomic E-state index is 12.6. The number of hydrogen-bond donors (Lipinski definition) is 2. The molecule has 2 aliphatic carbocycles. The van der Waals surface area contributed by atoms with Crippen molar-refractivity contribution in [2.45, 2.75) is 37.6 Å². The van der Waals surface area contributed by atoms with E-state index in [0.717, 1.165) is 23.5 Å². The van der Waals surface area contributed by atoms with E-state index in [4.69, 9.17) is 11.6 Å². The molecule has 4 heterocycles. The Morgan fingerprint density at radius 1 is 1.06 bits per heavy atom. The van der Waals surface area contributed by atoms with E-state index in [-0.39, 0.29) is 17.7 Å². The molecule has 2 fully saturated rings. The van der Waals surface area contributed by atoms with Gasteiger partial charge in [0.15, 0.2) is 0 Å². The molecule has 6 rings (SSSR count). The lowest BCUT2D eigenvalue weighted by Gasteiger charge is -2.07. The Bertz CT molecular complexity index is 1350. The van der Waals surface area contributed by atoms with Gasteiger partial charge in [-0.2, -0.15) is 0 Å². The van der Waals surface area contributed by atoms with Gasteiger partial charge in [0, 0.05) is 36.0 Å². The average molecular weight is 461 g/mol. The number of fused-ring (bicyclic) bond motifs is 1. The second-order valence-electron chi connectivity index (χ2n) is 8.58. The number of anilines is 2. The van der Waals surface area contributed by atoms with Gasteiger partial charge in [-0.3, -0.25) is 4.79 Å². The molecule has 10 heteroatoms. The first kappa shape index (κ1) is 20.0. The van der Waals surface area contributed by atoms with Crippen molar-refractivity contribution in [3.05, 3.63) is 71.4 Å². The third-order valence-corrected chi connectivity index (χ3v) is 6.31. The first-order chi connectivity index (χ1) is 16.1. The van der Waals surface area contributed by atoms with Crippen molar-refractivity contribution in [2.75, 3.05) is 10.6 Å². The minimum atomic E-state index is -0.152. The summed E-state index contributed by atoms with van der Waals surface area (Å²) in [4.78, 5) is 33.8. The van der Waals surface area contributed by atoms with Gasteiger partial charge in [0.25, 0.3) is 0 Å². The van der Waals surface area contributed by atoms with Gasteiger partial charge in [-0.05, 0) is 42.9 Å². The van der Waals surface area contributed by atoms with Gasteiger partial charge < -0.3 is 15.0 Å². The third-order valence-electron chi connectivity index (χ3n) is 6.10. The molecule has 2 aliphatic rings. The number of rotatable bonds is 7.